The van der Waals surface area contributed by atoms with Gasteiger partial charge in [0.05, 0.1) is 0 Å². The zero-order valence-electron chi connectivity index (χ0n) is 4.65. The van der Waals surface area contributed by atoms with Crippen LogP contribution in [0.4, 0.5) is 0 Å². The molecule has 0 atom stereocenters. The zero-order chi connectivity index (χ0) is 6.36. The van der Waals surface area contributed by atoms with Crippen LogP contribution in [0.5, 0.6) is 0 Å². The Morgan fingerprint density at radius 3 is 3.11 bits per heavy atom. The minimum absolute atomic E-state index is 1.11. The fraction of sp³-hybridized carbons (Fsp3) is 0.200. The highest BCUT2D eigenvalue weighted by molar-refractivity contribution is 9.26. The second kappa shape index (κ2) is 5.65. The van der Waals surface area contributed by atoms with Gasteiger partial charge in [0, 0.05) is 5.75 Å². The van der Waals surface area contributed by atoms with Crippen LogP contribution in [0.2, 0.25) is 0 Å². The summed E-state index contributed by atoms with van der Waals surface area (Å²) in [7, 11) is 7.29. The molecular formula is C5H6S4. The van der Waals surface area contributed by atoms with Crippen LogP contribution in [0.15, 0.2) is 23.6 Å². The molecule has 4 heteroatoms. The highest BCUT2D eigenvalue weighted by atomic mass is 33.7. The molecule has 0 N–H and O–H groups in total. The van der Waals surface area contributed by atoms with Crippen LogP contribution in [0.25, 0.3) is 0 Å². The van der Waals surface area contributed by atoms with Crippen molar-refractivity contribution >= 4 is 41.2 Å². The Kier molecular flexibility index (Phi) is 5.01. The third-order valence-electron chi connectivity index (χ3n) is 0.661. The standard InChI is InChI=1S/C5H6S4/c1-2-4-6-8-9-7-5-3-1/h1-4H,5H2/b3-1+,4-2-. The van der Waals surface area contributed by atoms with Crippen molar-refractivity contribution in [3.05, 3.63) is 23.6 Å². The minimum atomic E-state index is 1.11. The van der Waals surface area contributed by atoms with Crippen molar-refractivity contribution < 1.29 is 0 Å². The maximum Gasteiger partial charge on any atom is 0.0229 e. The Morgan fingerprint density at radius 1 is 1.11 bits per heavy atom. The van der Waals surface area contributed by atoms with Gasteiger partial charge in [0.15, 0.2) is 0 Å². The number of hydrogen-bond acceptors (Lipinski definition) is 4. The summed E-state index contributed by atoms with van der Waals surface area (Å²) >= 11 is 0. The first kappa shape index (κ1) is 7.98. The van der Waals surface area contributed by atoms with E-state index >= 15 is 0 Å². The molecule has 0 aromatic heterocycles. The largest absolute Gasteiger partial charge is 0.0775 e. The lowest BCUT2D eigenvalue weighted by atomic mass is 10.5. The molecule has 0 unspecified atom stereocenters. The molecule has 0 nitrogen and oxygen atoms in total. The highest BCUT2D eigenvalue weighted by Crippen LogP contribution is 2.43. The molecule has 0 spiro atoms. The van der Waals surface area contributed by atoms with E-state index in [0.29, 0.717) is 0 Å². The van der Waals surface area contributed by atoms with Crippen molar-refractivity contribution in [1.29, 1.82) is 0 Å². The van der Waals surface area contributed by atoms with E-state index in [0.717, 1.165) is 5.75 Å². The molecule has 1 rings (SSSR count). The van der Waals surface area contributed by atoms with Gasteiger partial charge in [-0.05, 0) is 25.1 Å². The maximum absolute atomic E-state index is 2.17. The second-order valence-electron chi connectivity index (χ2n) is 1.27. The Bertz CT molecular complexity index is 104. The van der Waals surface area contributed by atoms with Gasteiger partial charge in [-0.2, -0.15) is 0 Å². The fourth-order valence-corrected chi connectivity index (χ4v) is 5.28. The van der Waals surface area contributed by atoms with E-state index in [1.54, 1.807) is 10.8 Å². The van der Waals surface area contributed by atoms with Crippen LogP contribution in [-0.4, -0.2) is 5.75 Å². The van der Waals surface area contributed by atoms with E-state index < -0.39 is 0 Å². The average molecular weight is 194 g/mol. The Morgan fingerprint density at radius 2 is 2.11 bits per heavy atom. The first-order valence-corrected chi connectivity index (χ1v) is 7.48. The van der Waals surface area contributed by atoms with Crippen molar-refractivity contribution in [1.82, 2.24) is 0 Å². The minimum Gasteiger partial charge on any atom is -0.0775 e. The summed E-state index contributed by atoms with van der Waals surface area (Å²) in [5.41, 5.74) is 0. The van der Waals surface area contributed by atoms with E-state index in [1.165, 1.54) is 0 Å². The van der Waals surface area contributed by atoms with E-state index in [9.17, 15) is 0 Å². The fourth-order valence-electron chi connectivity index (χ4n) is 0.337. The van der Waals surface area contributed by atoms with Gasteiger partial charge in [-0.25, -0.2) is 0 Å². The molecule has 0 aliphatic carbocycles. The summed E-state index contributed by atoms with van der Waals surface area (Å²) in [5.74, 6) is 1.11. The van der Waals surface area contributed by atoms with Gasteiger partial charge in [-0.3, -0.25) is 0 Å². The zero-order valence-corrected chi connectivity index (χ0v) is 7.92. The van der Waals surface area contributed by atoms with Gasteiger partial charge in [0.1, 0.15) is 0 Å². The van der Waals surface area contributed by atoms with E-state index in [2.05, 4.69) is 23.6 Å². The van der Waals surface area contributed by atoms with Crippen molar-refractivity contribution in [2.24, 2.45) is 0 Å². The van der Waals surface area contributed by atoms with E-state index in [4.69, 9.17) is 0 Å². The van der Waals surface area contributed by atoms with Gasteiger partial charge < -0.3 is 0 Å². The van der Waals surface area contributed by atoms with E-state index in [1.807, 2.05) is 30.4 Å². The monoisotopic (exact) mass is 194 g/mol. The van der Waals surface area contributed by atoms with Crippen LogP contribution >= 0.6 is 41.2 Å². The molecule has 0 aromatic rings. The van der Waals surface area contributed by atoms with Crippen LogP contribution in [0.1, 0.15) is 0 Å². The maximum atomic E-state index is 2.17. The average Bonchev–Trinajstić information content (AvgIpc) is 2.00. The molecular weight excluding hydrogens is 188 g/mol. The summed E-state index contributed by atoms with van der Waals surface area (Å²) in [6.07, 6.45) is 6.33. The first-order valence-electron chi connectivity index (χ1n) is 2.43. The summed E-state index contributed by atoms with van der Waals surface area (Å²) < 4.78 is 0. The van der Waals surface area contributed by atoms with Crippen LogP contribution in [0, 0.1) is 0 Å². The van der Waals surface area contributed by atoms with E-state index in [-0.39, 0.29) is 0 Å². The number of allylic oxidation sites excluding steroid dienone is 2. The molecule has 0 fully saturated rings. The molecule has 1 aliphatic rings. The molecule has 0 saturated carbocycles. The SMILES string of the molecule is C1=C\SSSSC/C=C/1. The second-order valence-corrected chi connectivity index (χ2v) is 7.13. The Labute approximate surface area is 70.5 Å². The molecule has 0 radical (unpaired) electrons. The summed E-state index contributed by atoms with van der Waals surface area (Å²) in [5, 5.41) is 2.10. The number of rotatable bonds is 0. The smallest absolute Gasteiger partial charge is 0.0229 e. The van der Waals surface area contributed by atoms with Crippen molar-refractivity contribution in [2.75, 3.05) is 5.75 Å². The normalized spacial score (nSPS) is 27.6. The summed E-state index contributed by atoms with van der Waals surface area (Å²) in [6.45, 7) is 0. The van der Waals surface area contributed by atoms with Crippen molar-refractivity contribution in [3.8, 4) is 0 Å². The predicted octanol–water partition coefficient (Wildman–Crippen LogP) is 3.75. The molecule has 0 bridgehead atoms. The van der Waals surface area contributed by atoms with Gasteiger partial charge in [0.25, 0.3) is 0 Å². The quantitative estimate of drug-likeness (QED) is 0.538. The third kappa shape index (κ3) is 4.31. The van der Waals surface area contributed by atoms with Gasteiger partial charge >= 0.3 is 0 Å². The molecule has 0 amide bonds. The highest BCUT2D eigenvalue weighted by Gasteiger charge is 1.88. The van der Waals surface area contributed by atoms with Gasteiger partial charge in [-0.1, -0.05) is 39.8 Å². The Hall–Kier alpha value is 0.880. The number of hydrogen-bond donors (Lipinski definition) is 0. The first-order chi connectivity index (χ1) is 4.50. The lowest BCUT2D eigenvalue weighted by Crippen LogP contribution is -1.59. The third-order valence-corrected chi connectivity index (χ3v) is 6.49. The topological polar surface area (TPSA) is 0 Å². The molecule has 9 heavy (non-hydrogen) atoms. The Balaban J connectivity index is 2.28. The van der Waals surface area contributed by atoms with Crippen molar-refractivity contribution in [3.63, 3.8) is 0 Å². The van der Waals surface area contributed by atoms with Crippen LogP contribution < -0.4 is 0 Å². The molecule has 1 aliphatic heterocycles. The van der Waals surface area contributed by atoms with Crippen LogP contribution in [0.3, 0.4) is 0 Å². The molecule has 0 saturated heterocycles. The molecule has 0 aromatic carbocycles. The summed E-state index contributed by atoms with van der Waals surface area (Å²) in [4.78, 5) is 0. The predicted molar refractivity (Wildman–Crippen MR) is 53.5 cm³/mol. The molecule has 1 heterocycles. The molecule has 50 valence electrons. The van der Waals surface area contributed by atoms with Crippen LogP contribution in [-0.2, 0) is 0 Å². The lowest BCUT2D eigenvalue weighted by Gasteiger charge is -1.89. The lowest BCUT2D eigenvalue weighted by molar-refractivity contribution is 1.78. The van der Waals surface area contributed by atoms with Gasteiger partial charge in [0.2, 0.25) is 0 Å². The van der Waals surface area contributed by atoms with Gasteiger partial charge in [-0.15, -0.1) is 0 Å². The van der Waals surface area contributed by atoms with Crippen molar-refractivity contribution in [2.45, 2.75) is 0 Å². The summed E-state index contributed by atoms with van der Waals surface area (Å²) in [6, 6.07) is 0.